The fourth-order valence-electron chi connectivity index (χ4n) is 1.98. The van der Waals surface area contributed by atoms with E-state index >= 15 is 0 Å². The lowest BCUT2D eigenvalue weighted by molar-refractivity contribution is 0.476. The van der Waals surface area contributed by atoms with Crippen LogP contribution in [0.5, 0.6) is 5.75 Å². The van der Waals surface area contributed by atoms with Crippen LogP contribution >= 0.6 is 0 Å². The van der Waals surface area contributed by atoms with Crippen molar-refractivity contribution in [1.29, 1.82) is 0 Å². The van der Waals surface area contributed by atoms with E-state index in [2.05, 4.69) is 10.1 Å². The number of hydrogen-bond donors (Lipinski definition) is 1. The van der Waals surface area contributed by atoms with Gasteiger partial charge in [-0.1, -0.05) is 0 Å². The van der Waals surface area contributed by atoms with Crippen LogP contribution in [0.15, 0.2) is 42.7 Å². The topological polar surface area (TPSA) is 50.9 Å². The lowest BCUT2D eigenvalue weighted by Crippen LogP contribution is -1.89. The van der Waals surface area contributed by atoms with Crippen LogP contribution in [0.25, 0.3) is 22.2 Å². The first-order valence-corrected chi connectivity index (χ1v) is 5.32. The molecule has 0 atom stereocenters. The third kappa shape index (κ3) is 1.54. The summed E-state index contributed by atoms with van der Waals surface area (Å²) < 4.78 is 1.81. The van der Waals surface area contributed by atoms with Gasteiger partial charge >= 0.3 is 0 Å². The Morgan fingerprint density at radius 1 is 1.12 bits per heavy atom. The Hall–Kier alpha value is -2.36. The summed E-state index contributed by atoms with van der Waals surface area (Å²) >= 11 is 0. The molecule has 1 N–H and O–H groups in total. The van der Waals surface area contributed by atoms with Crippen molar-refractivity contribution in [3.8, 4) is 17.0 Å². The Bertz CT molecular complexity index is 674. The van der Waals surface area contributed by atoms with Gasteiger partial charge in [0, 0.05) is 30.4 Å². The van der Waals surface area contributed by atoms with Crippen molar-refractivity contribution in [2.24, 2.45) is 7.05 Å². The maximum Gasteiger partial charge on any atom is 0.116 e. The van der Waals surface area contributed by atoms with Crippen LogP contribution in [0.1, 0.15) is 0 Å². The zero-order chi connectivity index (χ0) is 11.8. The van der Waals surface area contributed by atoms with E-state index in [4.69, 9.17) is 0 Å². The van der Waals surface area contributed by atoms with Crippen molar-refractivity contribution in [3.63, 3.8) is 0 Å². The van der Waals surface area contributed by atoms with E-state index in [-0.39, 0.29) is 5.75 Å². The van der Waals surface area contributed by atoms with Gasteiger partial charge in [0.2, 0.25) is 0 Å². The van der Waals surface area contributed by atoms with Crippen molar-refractivity contribution >= 4 is 10.9 Å². The predicted octanol–water partition coefficient (Wildman–Crippen LogP) is 2.34. The molecule has 2 heterocycles. The molecular weight excluding hydrogens is 214 g/mol. The number of benzene rings is 1. The maximum absolute atomic E-state index is 9.56. The molecule has 0 aliphatic carbocycles. The molecular formula is C13H11N3O. The Balaban J connectivity index is 2.34. The first kappa shape index (κ1) is 9.84. The third-order valence-electron chi connectivity index (χ3n) is 2.79. The zero-order valence-electron chi connectivity index (χ0n) is 9.33. The summed E-state index contributed by atoms with van der Waals surface area (Å²) in [4.78, 5) is 3.99. The number of rotatable bonds is 1. The quantitative estimate of drug-likeness (QED) is 0.691. The minimum atomic E-state index is 0.251. The van der Waals surface area contributed by atoms with Crippen molar-refractivity contribution < 1.29 is 5.11 Å². The third-order valence-corrected chi connectivity index (χ3v) is 2.79. The van der Waals surface area contributed by atoms with Gasteiger partial charge in [-0.15, -0.1) is 0 Å². The molecule has 17 heavy (non-hydrogen) atoms. The number of phenols is 1. The highest BCUT2D eigenvalue weighted by atomic mass is 16.3. The first-order valence-electron chi connectivity index (χ1n) is 5.32. The first-order chi connectivity index (χ1) is 8.25. The standard InChI is InChI=1S/C13H11N3O/c1-16-12-3-2-10(17)8-11(12)13(15-16)9-4-6-14-7-5-9/h2-8,17H,1H3. The number of aromatic hydroxyl groups is 1. The molecule has 3 aromatic rings. The van der Waals surface area contributed by atoms with Crippen LogP contribution in [0, 0.1) is 0 Å². The molecule has 3 rings (SSSR count). The SMILES string of the molecule is Cn1nc(-c2ccncc2)c2cc(O)ccc21. The van der Waals surface area contributed by atoms with E-state index in [9.17, 15) is 5.11 Å². The van der Waals surface area contributed by atoms with Gasteiger partial charge in [-0.05, 0) is 30.3 Å². The Morgan fingerprint density at radius 3 is 2.65 bits per heavy atom. The van der Waals surface area contributed by atoms with Crippen LogP contribution in [-0.4, -0.2) is 19.9 Å². The monoisotopic (exact) mass is 225 g/mol. The van der Waals surface area contributed by atoms with E-state index in [1.807, 2.05) is 29.9 Å². The number of aryl methyl sites for hydroxylation is 1. The second kappa shape index (κ2) is 3.59. The van der Waals surface area contributed by atoms with Gasteiger partial charge in [-0.2, -0.15) is 5.10 Å². The van der Waals surface area contributed by atoms with E-state index in [1.54, 1.807) is 24.5 Å². The molecule has 4 heteroatoms. The van der Waals surface area contributed by atoms with Gasteiger partial charge in [0.15, 0.2) is 0 Å². The summed E-state index contributed by atoms with van der Waals surface area (Å²) in [5, 5.41) is 15.0. The van der Waals surface area contributed by atoms with E-state index in [1.165, 1.54) is 0 Å². The van der Waals surface area contributed by atoms with Crippen LogP contribution in [-0.2, 0) is 7.05 Å². The number of pyridine rings is 1. The normalized spacial score (nSPS) is 10.9. The highest BCUT2D eigenvalue weighted by Gasteiger charge is 2.10. The van der Waals surface area contributed by atoms with Crippen molar-refractivity contribution in [2.45, 2.75) is 0 Å². The predicted molar refractivity (Wildman–Crippen MR) is 65.6 cm³/mol. The van der Waals surface area contributed by atoms with Crippen LogP contribution in [0.2, 0.25) is 0 Å². The van der Waals surface area contributed by atoms with Gasteiger partial charge in [0.25, 0.3) is 0 Å². The highest BCUT2D eigenvalue weighted by molar-refractivity contribution is 5.94. The molecule has 0 saturated carbocycles. The van der Waals surface area contributed by atoms with Crippen LogP contribution in [0.3, 0.4) is 0 Å². The van der Waals surface area contributed by atoms with Gasteiger partial charge in [0.05, 0.1) is 5.52 Å². The lowest BCUT2D eigenvalue weighted by Gasteiger charge is -1.97. The largest absolute Gasteiger partial charge is 0.508 e. The van der Waals surface area contributed by atoms with Crippen molar-refractivity contribution in [1.82, 2.24) is 14.8 Å². The number of fused-ring (bicyclic) bond motifs is 1. The average Bonchev–Trinajstić information content (AvgIpc) is 2.67. The molecule has 0 radical (unpaired) electrons. The summed E-state index contributed by atoms with van der Waals surface area (Å²) in [6, 6.07) is 9.08. The van der Waals surface area contributed by atoms with Gasteiger partial charge < -0.3 is 5.11 Å². The van der Waals surface area contributed by atoms with Gasteiger partial charge in [-0.3, -0.25) is 9.67 Å². The molecule has 0 spiro atoms. The van der Waals surface area contributed by atoms with Gasteiger partial charge in [0.1, 0.15) is 11.4 Å². The Morgan fingerprint density at radius 2 is 1.88 bits per heavy atom. The molecule has 1 aromatic carbocycles. The molecule has 0 saturated heterocycles. The molecule has 0 fully saturated rings. The number of nitrogens with zero attached hydrogens (tertiary/aromatic N) is 3. The number of aromatic nitrogens is 3. The van der Waals surface area contributed by atoms with Crippen LogP contribution in [0.4, 0.5) is 0 Å². The number of hydrogen-bond acceptors (Lipinski definition) is 3. The second-order valence-corrected chi connectivity index (χ2v) is 3.91. The van der Waals surface area contributed by atoms with Crippen LogP contribution < -0.4 is 0 Å². The molecule has 4 nitrogen and oxygen atoms in total. The van der Waals surface area contributed by atoms with E-state index in [0.29, 0.717) is 0 Å². The molecule has 0 unspecified atom stereocenters. The van der Waals surface area contributed by atoms with Crippen molar-refractivity contribution in [2.75, 3.05) is 0 Å². The zero-order valence-corrected chi connectivity index (χ0v) is 9.33. The second-order valence-electron chi connectivity index (χ2n) is 3.91. The summed E-state index contributed by atoms with van der Waals surface area (Å²) in [6.07, 6.45) is 3.47. The number of phenolic OH excluding ortho intramolecular Hbond substituents is 1. The summed E-state index contributed by atoms with van der Waals surface area (Å²) in [6.45, 7) is 0. The van der Waals surface area contributed by atoms with Gasteiger partial charge in [-0.25, -0.2) is 0 Å². The average molecular weight is 225 g/mol. The summed E-state index contributed by atoms with van der Waals surface area (Å²) in [7, 11) is 1.89. The molecule has 0 amide bonds. The molecule has 0 bridgehead atoms. The Labute approximate surface area is 98.2 Å². The summed E-state index contributed by atoms with van der Waals surface area (Å²) in [5.41, 5.74) is 2.85. The molecule has 84 valence electrons. The molecule has 0 aliphatic rings. The van der Waals surface area contributed by atoms with E-state index in [0.717, 1.165) is 22.2 Å². The lowest BCUT2D eigenvalue weighted by atomic mass is 10.1. The van der Waals surface area contributed by atoms with Crippen molar-refractivity contribution in [3.05, 3.63) is 42.7 Å². The minimum Gasteiger partial charge on any atom is -0.508 e. The summed E-state index contributed by atoms with van der Waals surface area (Å²) in [5.74, 6) is 0.251. The highest BCUT2D eigenvalue weighted by Crippen LogP contribution is 2.29. The fraction of sp³-hybridized carbons (Fsp3) is 0.0769. The fourth-order valence-corrected chi connectivity index (χ4v) is 1.98. The Kier molecular flexibility index (Phi) is 2.08. The minimum absolute atomic E-state index is 0.251. The smallest absolute Gasteiger partial charge is 0.116 e. The molecule has 0 aliphatic heterocycles. The maximum atomic E-state index is 9.56. The van der Waals surface area contributed by atoms with E-state index < -0.39 is 0 Å². The molecule has 2 aromatic heterocycles.